The van der Waals surface area contributed by atoms with E-state index < -0.39 is 0 Å². The van der Waals surface area contributed by atoms with E-state index in [0.717, 1.165) is 69.2 Å². The number of benzene rings is 3. The smallest absolute Gasteiger partial charge is 0.128 e. The molecular formula is C35H35N3O3. The van der Waals surface area contributed by atoms with E-state index in [1.54, 1.807) is 12.4 Å². The highest BCUT2D eigenvalue weighted by molar-refractivity contribution is 5.68. The maximum absolute atomic E-state index is 9.31. The number of rotatable bonds is 9. The molecule has 2 heterocycles. The second-order valence-corrected chi connectivity index (χ2v) is 10.8. The molecule has 2 aliphatic rings. The van der Waals surface area contributed by atoms with Crippen molar-refractivity contribution in [3.05, 3.63) is 112 Å². The maximum Gasteiger partial charge on any atom is 0.128 e. The summed E-state index contributed by atoms with van der Waals surface area (Å²) in [7, 11) is 0. The van der Waals surface area contributed by atoms with E-state index in [1.807, 2.05) is 12.1 Å². The summed E-state index contributed by atoms with van der Waals surface area (Å²) in [4.78, 5) is 6.66. The lowest BCUT2D eigenvalue weighted by Gasteiger charge is -2.29. The molecular weight excluding hydrogens is 510 g/mol. The minimum Gasteiger partial charge on any atom is -0.488 e. The molecule has 0 atom stereocenters. The first-order valence-corrected chi connectivity index (χ1v) is 14.4. The largest absolute Gasteiger partial charge is 0.488 e. The van der Waals surface area contributed by atoms with Crippen LogP contribution >= 0.6 is 0 Å². The van der Waals surface area contributed by atoms with Gasteiger partial charge in [-0.05, 0) is 65.6 Å². The van der Waals surface area contributed by atoms with Crippen molar-refractivity contribution in [3.63, 3.8) is 0 Å². The Balaban J connectivity index is 1.30. The van der Waals surface area contributed by atoms with Gasteiger partial charge in [0.15, 0.2) is 0 Å². The van der Waals surface area contributed by atoms with E-state index in [2.05, 4.69) is 71.4 Å². The van der Waals surface area contributed by atoms with E-state index in [-0.39, 0.29) is 0 Å². The number of fused-ring (bicyclic) bond motifs is 1. The molecule has 4 aromatic rings. The van der Waals surface area contributed by atoms with Crippen LogP contribution in [0.4, 0.5) is 0 Å². The van der Waals surface area contributed by atoms with Crippen molar-refractivity contribution in [1.29, 1.82) is 5.26 Å². The summed E-state index contributed by atoms with van der Waals surface area (Å²) in [6.07, 6.45) is 6.48. The van der Waals surface area contributed by atoms with Crippen molar-refractivity contribution in [3.8, 4) is 28.7 Å². The molecule has 0 N–H and O–H groups in total. The number of morpholine rings is 1. The van der Waals surface area contributed by atoms with Gasteiger partial charge in [-0.1, -0.05) is 48.5 Å². The standard InChI is InChI=1S/C35H35N3O3/c1-25-29(9-5-10-30(25)28-7-3-2-4-8-28)24-41-34-18-35(40-23-27-17-26(19-36)20-37-21-27)33(31-11-6-12-32(31)34)22-38-13-15-39-16-14-38/h2-5,7-10,17-18,20-21H,6,11-16,22-24H2,1H3. The number of ether oxygens (including phenoxy) is 3. The Morgan fingerprint density at radius 2 is 1.71 bits per heavy atom. The zero-order valence-electron chi connectivity index (χ0n) is 23.6. The summed E-state index contributed by atoms with van der Waals surface area (Å²) in [5.74, 6) is 1.76. The second kappa shape index (κ2) is 12.6. The Morgan fingerprint density at radius 1 is 0.902 bits per heavy atom. The van der Waals surface area contributed by atoms with Crippen LogP contribution in [-0.4, -0.2) is 36.2 Å². The molecule has 0 radical (unpaired) electrons. The zero-order chi connectivity index (χ0) is 28.0. The van der Waals surface area contributed by atoms with Crippen LogP contribution in [0.3, 0.4) is 0 Å². The molecule has 208 valence electrons. The van der Waals surface area contributed by atoms with Crippen LogP contribution in [0.1, 0.15) is 45.4 Å². The highest BCUT2D eigenvalue weighted by Gasteiger charge is 2.26. The third-order valence-corrected chi connectivity index (χ3v) is 8.16. The van der Waals surface area contributed by atoms with Gasteiger partial charge in [0, 0.05) is 49.2 Å². The third kappa shape index (κ3) is 6.12. The van der Waals surface area contributed by atoms with Crippen molar-refractivity contribution < 1.29 is 14.2 Å². The van der Waals surface area contributed by atoms with E-state index in [1.165, 1.54) is 38.9 Å². The summed E-state index contributed by atoms with van der Waals surface area (Å²) >= 11 is 0. The molecule has 41 heavy (non-hydrogen) atoms. The predicted octanol–water partition coefficient (Wildman–Crippen LogP) is 6.41. The lowest BCUT2D eigenvalue weighted by molar-refractivity contribution is 0.0336. The monoisotopic (exact) mass is 545 g/mol. The SMILES string of the molecule is Cc1c(COc2cc(OCc3cncc(C#N)c3)c(CN3CCOCC3)c3c2CCC3)cccc1-c1ccccc1. The molecule has 1 aliphatic heterocycles. The Labute approximate surface area is 242 Å². The van der Waals surface area contributed by atoms with Gasteiger partial charge in [0.2, 0.25) is 0 Å². The van der Waals surface area contributed by atoms with Crippen LogP contribution in [-0.2, 0) is 37.3 Å². The van der Waals surface area contributed by atoms with Crippen molar-refractivity contribution in [2.24, 2.45) is 0 Å². The molecule has 1 fully saturated rings. The first-order valence-electron chi connectivity index (χ1n) is 14.4. The molecule has 1 saturated heterocycles. The number of hydrogen-bond donors (Lipinski definition) is 0. The van der Waals surface area contributed by atoms with Crippen LogP contribution < -0.4 is 9.47 Å². The fourth-order valence-electron chi connectivity index (χ4n) is 5.92. The van der Waals surface area contributed by atoms with Crippen LogP contribution in [0.15, 0.2) is 73.1 Å². The number of pyridine rings is 1. The highest BCUT2D eigenvalue weighted by Crippen LogP contribution is 2.41. The van der Waals surface area contributed by atoms with Gasteiger partial charge in [0.1, 0.15) is 30.8 Å². The van der Waals surface area contributed by atoms with Gasteiger partial charge in [0.05, 0.1) is 18.8 Å². The quantitative estimate of drug-likeness (QED) is 0.242. The minimum atomic E-state index is 0.342. The van der Waals surface area contributed by atoms with Gasteiger partial charge in [-0.25, -0.2) is 0 Å². The number of aromatic nitrogens is 1. The van der Waals surface area contributed by atoms with Gasteiger partial charge < -0.3 is 14.2 Å². The lowest BCUT2D eigenvalue weighted by atomic mass is 9.97. The second-order valence-electron chi connectivity index (χ2n) is 10.8. The van der Waals surface area contributed by atoms with Crippen molar-refractivity contribution in [2.75, 3.05) is 26.3 Å². The first kappa shape index (κ1) is 27.0. The maximum atomic E-state index is 9.31. The molecule has 0 amide bonds. The fraction of sp³-hybridized carbons (Fsp3) is 0.314. The molecule has 6 heteroatoms. The summed E-state index contributed by atoms with van der Waals surface area (Å²) in [6.45, 7) is 7.19. The molecule has 6 nitrogen and oxygen atoms in total. The first-order chi connectivity index (χ1) is 20.2. The van der Waals surface area contributed by atoms with Crippen LogP contribution in [0.5, 0.6) is 11.5 Å². The molecule has 1 aromatic heterocycles. The van der Waals surface area contributed by atoms with Gasteiger partial charge in [0.25, 0.3) is 0 Å². The summed E-state index contributed by atoms with van der Waals surface area (Å²) < 4.78 is 18.7. The molecule has 3 aromatic carbocycles. The number of nitriles is 1. The average Bonchev–Trinajstić information content (AvgIpc) is 3.52. The van der Waals surface area contributed by atoms with E-state index in [0.29, 0.717) is 18.8 Å². The van der Waals surface area contributed by atoms with E-state index >= 15 is 0 Å². The molecule has 0 bridgehead atoms. The van der Waals surface area contributed by atoms with Crippen LogP contribution in [0.2, 0.25) is 0 Å². The summed E-state index contributed by atoms with van der Waals surface area (Å²) in [5, 5.41) is 9.31. The molecule has 1 aliphatic carbocycles. The Bertz CT molecular complexity index is 1560. The average molecular weight is 546 g/mol. The summed E-state index contributed by atoms with van der Waals surface area (Å²) in [6, 6.07) is 23.0. The Kier molecular flexibility index (Phi) is 8.27. The lowest BCUT2D eigenvalue weighted by Crippen LogP contribution is -2.36. The van der Waals surface area contributed by atoms with Crippen LogP contribution in [0.25, 0.3) is 11.1 Å². The predicted molar refractivity (Wildman–Crippen MR) is 159 cm³/mol. The van der Waals surface area contributed by atoms with E-state index in [9.17, 15) is 5.26 Å². The van der Waals surface area contributed by atoms with Crippen molar-refractivity contribution >= 4 is 0 Å². The highest BCUT2D eigenvalue weighted by atomic mass is 16.5. The minimum absolute atomic E-state index is 0.342. The van der Waals surface area contributed by atoms with Gasteiger partial charge in [-0.2, -0.15) is 5.26 Å². The van der Waals surface area contributed by atoms with Crippen molar-refractivity contribution in [2.45, 2.75) is 45.9 Å². The fourth-order valence-corrected chi connectivity index (χ4v) is 5.92. The normalized spacial score (nSPS) is 14.8. The molecule has 0 saturated carbocycles. The zero-order valence-corrected chi connectivity index (χ0v) is 23.6. The van der Waals surface area contributed by atoms with Crippen LogP contribution in [0, 0.1) is 18.3 Å². The molecule has 6 rings (SSSR count). The van der Waals surface area contributed by atoms with Gasteiger partial charge in [-0.3, -0.25) is 9.88 Å². The van der Waals surface area contributed by atoms with Crippen molar-refractivity contribution in [1.82, 2.24) is 9.88 Å². The van der Waals surface area contributed by atoms with E-state index in [4.69, 9.17) is 14.2 Å². The number of hydrogen-bond acceptors (Lipinski definition) is 6. The van der Waals surface area contributed by atoms with Gasteiger partial charge >= 0.3 is 0 Å². The third-order valence-electron chi connectivity index (χ3n) is 8.16. The summed E-state index contributed by atoms with van der Waals surface area (Å²) in [5.41, 5.74) is 10.2. The molecule has 0 unspecified atom stereocenters. The Hall–Kier alpha value is -4.18. The molecule has 0 spiro atoms. The Morgan fingerprint density at radius 3 is 2.54 bits per heavy atom. The topological polar surface area (TPSA) is 67.6 Å². The number of nitrogens with zero attached hydrogens (tertiary/aromatic N) is 3. The van der Waals surface area contributed by atoms with Gasteiger partial charge in [-0.15, -0.1) is 0 Å².